The first-order valence-corrected chi connectivity index (χ1v) is 11.2. The van der Waals surface area contributed by atoms with Crippen LogP contribution in [0.2, 0.25) is 0 Å². The maximum absolute atomic E-state index is 12.5. The number of phenolic OH excluding ortho intramolecular Hbond substituents is 1. The minimum absolute atomic E-state index is 0.0433. The van der Waals surface area contributed by atoms with Gasteiger partial charge in [0, 0.05) is 37.3 Å². The minimum atomic E-state index is -0.238. The second-order valence-electron chi connectivity index (χ2n) is 9.08. The lowest BCUT2D eigenvalue weighted by molar-refractivity contribution is -0.149. The average Bonchev–Trinajstić information content (AvgIpc) is 3.56. The number of rotatable bonds is 7. The molecule has 30 heavy (non-hydrogen) atoms. The second-order valence-corrected chi connectivity index (χ2v) is 9.08. The molecule has 2 heterocycles. The summed E-state index contributed by atoms with van der Waals surface area (Å²) in [6.07, 6.45) is 4.88. The third kappa shape index (κ3) is 5.32. The summed E-state index contributed by atoms with van der Waals surface area (Å²) in [6, 6.07) is 4.92. The van der Waals surface area contributed by atoms with Gasteiger partial charge in [0.1, 0.15) is 12.4 Å². The molecule has 1 aliphatic carbocycles. The Morgan fingerprint density at radius 1 is 1.17 bits per heavy atom. The van der Waals surface area contributed by atoms with Crippen LogP contribution in [0, 0.1) is 18.8 Å². The van der Waals surface area contributed by atoms with Crippen LogP contribution in [0.5, 0.6) is 5.75 Å². The highest BCUT2D eigenvalue weighted by Gasteiger charge is 2.31. The normalized spacial score (nSPS) is 23.6. The topological polar surface area (TPSA) is 82.1 Å². The lowest BCUT2D eigenvalue weighted by Crippen LogP contribution is -2.52. The number of aromatic hydroxyl groups is 1. The number of piperidine rings is 1. The molecular formula is C23H33N3O4. The molecule has 3 fully saturated rings. The van der Waals surface area contributed by atoms with Gasteiger partial charge < -0.3 is 25.0 Å². The maximum atomic E-state index is 12.5. The Labute approximate surface area is 178 Å². The van der Waals surface area contributed by atoms with Crippen LogP contribution in [0.4, 0.5) is 0 Å². The lowest BCUT2D eigenvalue weighted by Gasteiger charge is -2.38. The smallest absolute Gasteiger partial charge is 0.251 e. The van der Waals surface area contributed by atoms with Gasteiger partial charge in [0.2, 0.25) is 5.91 Å². The summed E-state index contributed by atoms with van der Waals surface area (Å²) in [6.45, 7) is 6.98. The number of phenols is 1. The Hall–Kier alpha value is -2.12. The zero-order valence-electron chi connectivity index (χ0n) is 17.8. The van der Waals surface area contributed by atoms with Crippen LogP contribution in [0.1, 0.15) is 41.6 Å². The lowest BCUT2D eigenvalue weighted by atomic mass is 9.95. The van der Waals surface area contributed by atoms with Crippen molar-refractivity contribution in [3.63, 3.8) is 0 Å². The Morgan fingerprint density at radius 2 is 1.90 bits per heavy atom. The predicted octanol–water partition coefficient (Wildman–Crippen LogP) is 1.78. The number of benzene rings is 1. The Balaban J connectivity index is 1.23. The molecule has 0 radical (unpaired) electrons. The van der Waals surface area contributed by atoms with Crippen molar-refractivity contribution in [2.45, 2.75) is 38.7 Å². The minimum Gasteiger partial charge on any atom is -0.508 e. The highest BCUT2D eigenvalue weighted by Crippen LogP contribution is 2.31. The second kappa shape index (κ2) is 9.35. The molecule has 2 N–H and O–H groups in total. The van der Waals surface area contributed by atoms with Crippen LogP contribution in [0.25, 0.3) is 0 Å². The average molecular weight is 416 g/mol. The summed E-state index contributed by atoms with van der Waals surface area (Å²) in [7, 11) is 0. The molecule has 1 atom stereocenters. The zero-order valence-corrected chi connectivity index (χ0v) is 17.8. The van der Waals surface area contributed by atoms with Crippen LogP contribution < -0.4 is 5.32 Å². The van der Waals surface area contributed by atoms with E-state index in [0.717, 1.165) is 38.4 Å². The van der Waals surface area contributed by atoms with Crippen molar-refractivity contribution in [1.29, 1.82) is 0 Å². The summed E-state index contributed by atoms with van der Waals surface area (Å²) < 4.78 is 5.65. The summed E-state index contributed by atoms with van der Waals surface area (Å²) in [4.78, 5) is 29.3. The summed E-state index contributed by atoms with van der Waals surface area (Å²) >= 11 is 0. The van der Waals surface area contributed by atoms with E-state index in [4.69, 9.17) is 4.74 Å². The van der Waals surface area contributed by atoms with E-state index in [1.165, 1.54) is 19.4 Å². The molecule has 2 amide bonds. The van der Waals surface area contributed by atoms with Gasteiger partial charge in [-0.3, -0.25) is 9.59 Å². The summed E-state index contributed by atoms with van der Waals surface area (Å²) in [5, 5.41) is 12.7. The molecule has 1 aromatic carbocycles. The number of likely N-dealkylation sites (tertiary alicyclic amines) is 1. The number of carbonyl (C=O) groups excluding carboxylic acids is 2. The van der Waals surface area contributed by atoms with Crippen molar-refractivity contribution in [2.75, 3.05) is 45.9 Å². The number of hydrogen-bond acceptors (Lipinski definition) is 5. The third-order valence-electron chi connectivity index (χ3n) is 6.66. The van der Waals surface area contributed by atoms with Gasteiger partial charge in [0.05, 0.1) is 6.10 Å². The van der Waals surface area contributed by atoms with Crippen molar-refractivity contribution >= 4 is 11.8 Å². The number of nitrogens with zero attached hydrogens (tertiary/aromatic N) is 2. The molecular weight excluding hydrogens is 382 g/mol. The largest absolute Gasteiger partial charge is 0.508 e. The van der Waals surface area contributed by atoms with Crippen LogP contribution in [0.3, 0.4) is 0 Å². The highest BCUT2D eigenvalue weighted by molar-refractivity contribution is 5.96. The summed E-state index contributed by atoms with van der Waals surface area (Å²) in [5.41, 5.74) is 1.01. The van der Waals surface area contributed by atoms with E-state index in [2.05, 4.69) is 10.2 Å². The molecule has 164 valence electrons. The van der Waals surface area contributed by atoms with Crippen molar-refractivity contribution < 1.29 is 19.4 Å². The van der Waals surface area contributed by atoms with E-state index in [-0.39, 0.29) is 30.3 Å². The number of nitrogens with one attached hydrogen (secondary N) is 1. The molecule has 7 nitrogen and oxygen atoms in total. The first-order chi connectivity index (χ1) is 14.5. The number of hydrogen-bond donors (Lipinski definition) is 2. The fraction of sp³-hybridized carbons (Fsp3) is 0.652. The van der Waals surface area contributed by atoms with Crippen molar-refractivity contribution in [3.8, 4) is 5.75 Å². The first kappa shape index (κ1) is 21.1. The van der Waals surface area contributed by atoms with Crippen LogP contribution >= 0.6 is 0 Å². The number of amides is 2. The maximum Gasteiger partial charge on any atom is 0.251 e. The van der Waals surface area contributed by atoms with Crippen molar-refractivity contribution in [3.05, 3.63) is 29.3 Å². The Kier molecular flexibility index (Phi) is 6.58. The van der Waals surface area contributed by atoms with Crippen LogP contribution in [0.15, 0.2) is 18.2 Å². The van der Waals surface area contributed by atoms with E-state index in [9.17, 15) is 14.7 Å². The van der Waals surface area contributed by atoms with E-state index < -0.39 is 0 Å². The van der Waals surface area contributed by atoms with E-state index in [1.54, 1.807) is 25.1 Å². The standard InChI is InChI=1S/C23H33N3O4/c1-16-20(3-2-4-21(16)27)23(29)24-11-19-14-26(22(28)15-30-19)13-18-7-9-25(10-8-18)12-17-5-6-17/h2-4,17-19,27H,5-15H2,1H3,(H,24,29). The molecule has 3 aliphatic rings. The van der Waals surface area contributed by atoms with Gasteiger partial charge in [-0.15, -0.1) is 0 Å². The van der Waals surface area contributed by atoms with Gasteiger partial charge in [0.15, 0.2) is 0 Å². The number of ether oxygens (including phenoxy) is 1. The molecule has 1 unspecified atom stereocenters. The number of carbonyl (C=O) groups is 2. The van der Waals surface area contributed by atoms with Gasteiger partial charge >= 0.3 is 0 Å². The van der Waals surface area contributed by atoms with Gasteiger partial charge in [-0.05, 0) is 69.7 Å². The molecule has 1 saturated carbocycles. The quantitative estimate of drug-likeness (QED) is 0.710. The molecule has 7 heteroatoms. The van der Waals surface area contributed by atoms with E-state index >= 15 is 0 Å². The molecule has 0 spiro atoms. The SMILES string of the molecule is Cc1c(O)cccc1C(=O)NCC1CN(CC2CCN(CC3CC3)CC2)C(=O)CO1. The van der Waals surface area contributed by atoms with Gasteiger partial charge in [-0.2, -0.15) is 0 Å². The Morgan fingerprint density at radius 3 is 2.63 bits per heavy atom. The van der Waals surface area contributed by atoms with Crippen LogP contribution in [-0.2, 0) is 9.53 Å². The first-order valence-electron chi connectivity index (χ1n) is 11.2. The molecule has 4 rings (SSSR count). The van der Waals surface area contributed by atoms with Crippen molar-refractivity contribution in [1.82, 2.24) is 15.1 Å². The molecule has 0 bridgehead atoms. The molecule has 2 aliphatic heterocycles. The predicted molar refractivity (Wildman–Crippen MR) is 113 cm³/mol. The zero-order chi connectivity index (χ0) is 21.1. The summed E-state index contributed by atoms with van der Waals surface area (Å²) in [5.74, 6) is 1.39. The third-order valence-corrected chi connectivity index (χ3v) is 6.66. The monoisotopic (exact) mass is 415 g/mol. The number of morpholine rings is 1. The molecule has 0 aromatic heterocycles. The van der Waals surface area contributed by atoms with Gasteiger partial charge in [-0.1, -0.05) is 6.07 Å². The molecule has 2 saturated heterocycles. The van der Waals surface area contributed by atoms with Crippen LogP contribution in [-0.4, -0.2) is 78.7 Å². The van der Waals surface area contributed by atoms with E-state index in [0.29, 0.717) is 30.1 Å². The highest BCUT2D eigenvalue weighted by atomic mass is 16.5. The fourth-order valence-corrected chi connectivity index (χ4v) is 4.48. The van der Waals surface area contributed by atoms with E-state index in [1.807, 2.05) is 4.90 Å². The molecule has 1 aromatic rings. The fourth-order valence-electron chi connectivity index (χ4n) is 4.48. The van der Waals surface area contributed by atoms with Gasteiger partial charge in [-0.25, -0.2) is 0 Å². The van der Waals surface area contributed by atoms with Gasteiger partial charge in [0.25, 0.3) is 5.91 Å². The van der Waals surface area contributed by atoms with Crippen molar-refractivity contribution in [2.24, 2.45) is 11.8 Å². The Bertz CT molecular complexity index is 772.